The molecule has 0 bridgehead atoms. The van der Waals surface area contributed by atoms with E-state index in [1.807, 2.05) is 12.1 Å². The molecule has 0 radical (unpaired) electrons. The number of alkyl halides is 2. The van der Waals surface area contributed by atoms with Crippen molar-refractivity contribution in [2.75, 3.05) is 23.7 Å². The average molecular weight is 439 g/mol. The maximum absolute atomic E-state index is 13.0. The predicted octanol–water partition coefficient (Wildman–Crippen LogP) is 3.23. The number of anilines is 2. The van der Waals surface area contributed by atoms with E-state index in [1.165, 1.54) is 0 Å². The Morgan fingerprint density at radius 2 is 1.84 bits per heavy atom. The van der Waals surface area contributed by atoms with Crippen molar-refractivity contribution in [3.05, 3.63) is 36.8 Å². The molecular weight excluding hydrogens is 416 g/mol. The van der Waals surface area contributed by atoms with Crippen molar-refractivity contribution in [1.29, 1.82) is 0 Å². The Hall–Kier alpha value is -3.27. The lowest BCUT2D eigenvalue weighted by atomic mass is 9.81. The Morgan fingerprint density at radius 1 is 1.03 bits per heavy atom. The predicted molar refractivity (Wildman–Crippen MR) is 116 cm³/mol. The molecular formula is C22H23F2N7O. The van der Waals surface area contributed by atoms with Crippen molar-refractivity contribution in [3.8, 4) is 11.4 Å². The van der Waals surface area contributed by atoms with E-state index in [-0.39, 0.29) is 5.82 Å². The number of hydrogen-bond donors (Lipinski definition) is 3. The van der Waals surface area contributed by atoms with Crippen LogP contribution in [0.2, 0.25) is 0 Å². The third kappa shape index (κ3) is 4.50. The van der Waals surface area contributed by atoms with Crippen LogP contribution in [-0.4, -0.2) is 50.9 Å². The molecule has 0 unspecified atom stereocenters. The second-order valence-electron chi connectivity index (χ2n) is 8.37. The Bertz CT molecular complexity index is 1140. The highest BCUT2D eigenvalue weighted by atomic mass is 19.3. The lowest BCUT2D eigenvalue weighted by molar-refractivity contribution is -0.145. The molecule has 0 atom stereocenters. The maximum Gasteiger partial charge on any atom is 0.249 e. The van der Waals surface area contributed by atoms with Crippen LogP contribution in [0.25, 0.3) is 22.3 Å². The molecule has 2 fully saturated rings. The van der Waals surface area contributed by atoms with Gasteiger partial charge >= 0.3 is 0 Å². The molecule has 1 aliphatic carbocycles. The third-order valence-corrected chi connectivity index (χ3v) is 5.87. The third-order valence-electron chi connectivity index (χ3n) is 5.87. The average Bonchev–Trinajstić information content (AvgIpc) is 2.78. The zero-order chi connectivity index (χ0) is 22.1. The molecule has 32 heavy (non-hydrogen) atoms. The first-order chi connectivity index (χ1) is 15.4. The summed E-state index contributed by atoms with van der Waals surface area (Å²) < 4.78 is 26.1. The summed E-state index contributed by atoms with van der Waals surface area (Å²) in [7, 11) is 0. The molecule has 1 amide bonds. The first-order valence-electron chi connectivity index (χ1n) is 10.7. The number of rotatable bonds is 5. The van der Waals surface area contributed by atoms with Crippen LogP contribution >= 0.6 is 0 Å². The van der Waals surface area contributed by atoms with Gasteiger partial charge in [0.05, 0.1) is 23.6 Å². The smallest absolute Gasteiger partial charge is 0.249 e. The van der Waals surface area contributed by atoms with Crippen molar-refractivity contribution in [1.82, 2.24) is 25.3 Å². The summed E-state index contributed by atoms with van der Waals surface area (Å²) in [4.78, 5) is 30.0. The number of piperidine rings is 1. The summed E-state index contributed by atoms with van der Waals surface area (Å²) in [6, 6.07) is 5.71. The number of nitrogens with one attached hydrogen (secondary N) is 3. The standard InChI is InChI=1S/C22H23F2N7O/c23-22(24)8-14(9-22)21(32)31-19-7-17-13(10-27-19)1-2-16(29-17)18-11-26-12-20(30-18)28-15-3-5-25-6-4-15/h1-2,7,10-12,14-15,25H,3-6,8-9H2,(H,28,30)(H,27,31,32). The minimum Gasteiger partial charge on any atom is -0.366 e. The van der Waals surface area contributed by atoms with Gasteiger partial charge in [-0.3, -0.25) is 9.78 Å². The summed E-state index contributed by atoms with van der Waals surface area (Å²) in [5, 5.41) is 10.2. The minimum atomic E-state index is -2.74. The largest absolute Gasteiger partial charge is 0.366 e. The zero-order valence-corrected chi connectivity index (χ0v) is 17.3. The minimum absolute atomic E-state index is 0.287. The van der Waals surface area contributed by atoms with Gasteiger partial charge < -0.3 is 16.0 Å². The van der Waals surface area contributed by atoms with Gasteiger partial charge in [0.25, 0.3) is 0 Å². The van der Waals surface area contributed by atoms with Gasteiger partial charge in [0.1, 0.15) is 17.3 Å². The number of nitrogens with zero attached hydrogens (tertiary/aromatic N) is 4. The Labute approximate surface area is 183 Å². The zero-order valence-electron chi connectivity index (χ0n) is 17.3. The molecule has 3 aromatic rings. The van der Waals surface area contributed by atoms with Crippen LogP contribution in [0.15, 0.2) is 36.8 Å². The van der Waals surface area contributed by atoms with Gasteiger partial charge in [-0.25, -0.2) is 23.7 Å². The van der Waals surface area contributed by atoms with E-state index in [4.69, 9.17) is 0 Å². The van der Waals surface area contributed by atoms with Crippen molar-refractivity contribution < 1.29 is 13.6 Å². The molecule has 10 heteroatoms. The first kappa shape index (κ1) is 20.6. The van der Waals surface area contributed by atoms with Crippen LogP contribution in [-0.2, 0) is 4.79 Å². The Balaban J connectivity index is 1.33. The molecule has 8 nitrogen and oxygen atoms in total. The lowest BCUT2D eigenvalue weighted by Crippen LogP contribution is -2.42. The molecule has 1 saturated carbocycles. The number of aromatic nitrogens is 4. The topological polar surface area (TPSA) is 105 Å². The fraction of sp³-hybridized carbons (Fsp3) is 0.409. The van der Waals surface area contributed by atoms with Gasteiger partial charge in [-0.15, -0.1) is 0 Å². The second-order valence-corrected chi connectivity index (χ2v) is 8.37. The molecule has 0 aromatic carbocycles. The summed E-state index contributed by atoms with van der Waals surface area (Å²) in [5.74, 6) is -2.88. The lowest BCUT2D eigenvalue weighted by Gasteiger charge is -2.33. The Morgan fingerprint density at radius 3 is 2.62 bits per heavy atom. The van der Waals surface area contributed by atoms with Crippen molar-refractivity contribution >= 4 is 28.4 Å². The molecule has 3 aromatic heterocycles. The first-order valence-corrected chi connectivity index (χ1v) is 10.7. The summed E-state index contributed by atoms with van der Waals surface area (Å²) >= 11 is 0. The number of pyridine rings is 2. The van der Waals surface area contributed by atoms with Crippen LogP contribution in [0.1, 0.15) is 25.7 Å². The highest BCUT2D eigenvalue weighted by Crippen LogP contribution is 2.42. The van der Waals surface area contributed by atoms with Crippen LogP contribution in [0.4, 0.5) is 20.4 Å². The fourth-order valence-corrected chi connectivity index (χ4v) is 4.04. The van der Waals surface area contributed by atoms with Gasteiger partial charge in [0, 0.05) is 42.5 Å². The molecule has 166 valence electrons. The number of halogens is 2. The van der Waals surface area contributed by atoms with E-state index in [1.54, 1.807) is 24.7 Å². The summed E-state index contributed by atoms with van der Waals surface area (Å²) in [5.41, 5.74) is 1.89. The highest BCUT2D eigenvalue weighted by Gasteiger charge is 2.48. The van der Waals surface area contributed by atoms with Gasteiger partial charge in [-0.05, 0) is 38.1 Å². The van der Waals surface area contributed by atoms with Gasteiger partial charge in [-0.2, -0.15) is 0 Å². The van der Waals surface area contributed by atoms with Crippen LogP contribution in [0.3, 0.4) is 0 Å². The maximum atomic E-state index is 13.0. The molecule has 1 saturated heterocycles. The fourth-order valence-electron chi connectivity index (χ4n) is 4.04. The van der Waals surface area contributed by atoms with Crippen molar-refractivity contribution in [2.24, 2.45) is 5.92 Å². The van der Waals surface area contributed by atoms with E-state index in [0.29, 0.717) is 28.8 Å². The van der Waals surface area contributed by atoms with E-state index in [2.05, 4.69) is 35.9 Å². The van der Waals surface area contributed by atoms with Crippen LogP contribution in [0, 0.1) is 5.92 Å². The van der Waals surface area contributed by atoms with Crippen LogP contribution < -0.4 is 16.0 Å². The quantitative estimate of drug-likeness (QED) is 0.561. The van der Waals surface area contributed by atoms with Gasteiger partial charge in [0.15, 0.2) is 0 Å². The summed E-state index contributed by atoms with van der Waals surface area (Å²) in [6.45, 7) is 1.96. The summed E-state index contributed by atoms with van der Waals surface area (Å²) in [6.07, 6.45) is 6.17. The molecule has 1 aliphatic heterocycles. The number of amides is 1. The SMILES string of the molecule is O=C(Nc1cc2nc(-c3cncc(NC4CCNCC4)n3)ccc2cn1)C1CC(F)(F)C1. The monoisotopic (exact) mass is 439 g/mol. The normalized spacial score (nSPS) is 18.8. The highest BCUT2D eigenvalue weighted by molar-refractivity contribution is 5.94. The van der Waals surface area contributed by atoms with E-state index in [9.17, 15) is 13.6 Å². The molecule has 4 heterocycles. The Kier molecular flexibility index (Phi) is 5.38. The number of fused-ring (bicyclic) bond motifs is 1. The van der Waals surface area contributed by atoms with E-state index < -0.39 is 30.6 Å². The number of hydrogen-bond acceptors (Lipinski definition) is 7. The molecule has 3 N–H and O–H groups in total. The number of carbonyl (C=O) groups excluding carboxylic acids is 1. The van der Waals surface area contributed by atoms with Crippen molar-refractivity contribution in [2.45, 2.75) is 37.6 Å². The van der Waals surface area contributed by atoms with Crippen LogP contribution in [0.5, 0.6) is 0 Å². The molecule has 0 spiro atoms. The van der Waals surface area contributed by atoms with Gasteiger partial charge in [0.2, 0.25) is 11.8 Å². The molecule has 5 rings (SSSR count). The number of carbonyl (C=O) groups is 1. The molecule has 2 aliphatic rings. The van der Waals surface area contributed by atoms with Crippen molar-refractivity contribution in [3.63, 3.8) is 0 Å². The van der Waals surface area contributed by atoms with Gasteiger partial charge in [-0.1, -0.05) is 0 Å². The van der Waals surface area contributed by atoms with E-state index >= 15 is 0 Å². The van der Waals surface area contributed by atoms with E-state index in [0.717, 1.165) is 31.3 Å². The second kappa shape index (κ2) is 8.34.